The molecular weight excluding hydrogens is 336 g/mol. The second kappa shape index (κ2) is 6.44. The molecule has 0 unspecified atom stereocenters. The molecule has 0 saturated carbocycles. The molecule has 0 fully saturated rings. The first kappa shape index (κ1) is 16.0. The van der Waals surface area contributed by atoms with Crippen molar-refractivity contribution in [1.29, 1.82) is 0 Å². The first-order valence-corrected chi connectivity index (χ1v) is 8.09. The quantitative estimate of drug-likeness (QED) is 0.734. The van der Waals surface area contributed by atoms with Crippen LogP contribution in [0.25, 0.3) is 0 Å². The summed E-state index contributed by atoms with van der Waals surface area (Å²) in [7, 11) is 0. The lowest BCUT2D eigenvalue weighted by molar-refractivity contribution is 0.0688. The van der Waals surface area contributed by atoms with E-state index in [0.29, 0.717) is 11.5 Å². The molecule has 0 radical (unpaired) electrons. The highest BCUT2D eigenvalue weighted by molar-refractivity contribution is 5.87. The summed E-state index contributed by atoms with van der Waals surface area (Å²) in [6.07, 6.45) is 0.256. The number of rotatable bonds is 5. The van der Waals surface area contributed by atoms with Crippen LogP contribution < -0.4 is 15.0 Å². The summed E-state index contributed by atoms with van der Waals surface area (Å²) in [5, 5.41) is 12.2. The number of benzene rings is 2. The molecule has 0 spiro atoms. The molecule has 2 heterocycles. The van der Waals surface area contributed by atoms with E-state index in [9.17, 15) is 14.7 Å². The molecule has 0 saturated heterocycles. The maximum absolute atomic E-state index is 12.7. The van der Waals surface area contributed by atoms with Crippen LogP contribution in [0.15, 0.2) is 53.3 Å². The molecule has 26 heavy (non-hydrogen) atoms. The van der Waals surface area contributed by atoms with Gasteiger partial charge in [0.1, 0.15) is 5.69 Å². The van der Waals surface area contributed by atoms with Crippen molar-refractivity contribution in [2.24, 2.45) is 0 Å². The maximum Gasteiger partial charge on any atom is 0.354 e. The Balaban J connectivity index is 1.68. The highest BCUT2D eigenvalue weighted by Gasteiger charge is 2.20. The van der Waals surface area contributed by atoms with E-state index in [-0.39, 0.29) is 36.6 Å². The molecule has 2 aromatic carbocycles. The zero-order valence-corrected chi connectivity index (χ0v) is 13.8. The van der Waals surface area contributed by atoms with Gasteiger partial charge in [0.15, 0.2) is 11.5 Å². The summed E-state index contributed by atoms with van der Waals surface area (Å²) in [5.41, 5.74) is 1.50. The van der Waals surface area contributed by atoms with Gasteiger partial charge in [0.05, 0.1) is 12.1 Å². The van der Waals surface area contributed by atoms with E-state index >= 15 is 0 Å². The van der Waals surface area contributed by atoms with Gasteiger partial charge in [0, 0.05) is 6.42 Å². The average molecular weight is 352 g/mol. The molecule has 4 rings (SSSR count). The number of carboxylic acid groups (broad SMARTS) is 1. The molecule has 132 valence electrons. The van der Waals surface area contributed by atoms with Crippen LogP contribution in [0.4, 0.5) is 0 Å². The second-order valence-electron chi connectivity index (χ2n) is 6.01. The van der Waals surface area contributed by atoms with Gasteiger partial charge in [-0.05, 0) is 23.3 Å². The van der Waals surface area contributed by atoms with E-state index in [0.717, 1.165) is 11.1 Å². The first-order valence-electron chi connectivity index (χ1n) is 8.09. The van der Waals surface area contributed by atoms with Crippen LogP contribution in [0.1, 0.15) is 27.2 Å². The number of carboxylic acids is 1. The molecule has 1 aliphatic heterocycles. The molecule has 1 aliphatic rings. The Labute approximate surface area is 148 Å². The molecule has 0 aliphatic carbocycles. The van der Waals surface area contributed by atoms with E-state index in [4.69, 9.17) is 9.47 Å². The topological polar surface area (TPSA) is 93.6 Å². The van der Waals surface area contributed by atoms with Crippen molar-refractivity contribution in [2.75, 3.05) is 6.79 Å². The van der Waals surface area contributed by atoms with Crippen LogP contribution in [0.2, 0.25) is 0 Å². The molecule has 0 bridgehead atoms. The Morgan fingerprint density at radius 1 is 1.08 bits per heavy atom. The van der Waals surface area contributed by atoms with Crippen LogP contribution >= 0.6 is 0 Å². The van der Waals surface area contributed by atoms with Gasteiger partial charge in [-0.2, -0.15) is 0 Å². The van der Waals surface area contributed by atoms with Crippen molar-refractivity contribution >= 4 is 5.97 Å². The Bertz CT molecular complexity index is 1020. The van der Waals surface area contributed by atoms with Gasteiger partial charge >= 0.3 is 5.97 Å². The van der Waals surface area contributed by atoms with E-state index in [1.165, 1.54) is 4.68 Å². The predicted molar refractivity (Wildman–Crippen MR) is 92.9 cm³/mol. The van der Waals surface area contributed by atoms with Crippen LogP contribution in [-0.2, 0) is 13.0 Å². The van der Waals surface area contributed by atoms with Crippen molar-refractivity contribution in [3.05, 3.63) is 81.3 Å². The molecule has 3 aromatic rings. The predicted octanol–water partition coefficient (Wildman–Crippen LogP) is 2.24. The summed E-state index contributed by atoms with van der Waals surface area (Å²) < 4.78 is 11.9. The summed E-state index contributed by atoms with van der Waals surface area (Å²) >= 11 is 0. The first-order chi connectivity index (χ1) is 12.6. The average Bonchev–Trinajstić information content (AvgIpc) is 3.22. The van der Waals surface area contributed by atoms with Crippen LogP contribution in [0.5, 0.6) is 11.5 Å². The number of carbonyl (C=O) groups is 1. The standard InChI is InChI=1S/C19H16N2O5/c22-18-14(8-12-4-2-1-3-5-12)17(19(23)24)20-21(18)10-13-6-7-15-16(9-13)26-11-25-15/h1-7,9,20H,8,10-11H2,(H,23,24). The lowest BCUT2D eigenvalue weighted by Gasteiger charge is -2.03. The highest BCUT2D eigenvalue weighted by atomic mass is 16.7. The fraction of sp³-hybridized carbons (Fsp3) is 0.158. The van der Waals surface area contributed by atoms with E-state index < -0.39 is 5.97 Å². The Hall–Kier alpha value is -3.48. The monoisotopic (exact) mass is 352 g/mol. The number of hydrogen-bond donors (Lipinski definition) is 2. The third kappa shape index (κ3) is 2.95. The SMILES string of the molecule is O=C(O)c1[nH]n(Cc2ccc3c(c2)OCO3)c(=O)c1Cc1ccccc1. The third-order valence-corrected chi connectivity index (χ3v) is 4.27. The zero-order chi connectivity index (χ0) is 18.1. The van der Waals surface area contributed by atoms with Gasteiger partial charge < -0.3 is 14.6 Å². The Kier molecular flexibility index (Phi) is 3.96. The van der Waals surface area contributed by atoms with Crippen molar-refractivity contribution in [3.63, 3.8) is 0 Å². The molecule has 0 amide bonds. The van der Waals surface area contributed by atoms with Crippen molar-refractivity contribution in [1.82, 2.24) is 9.78 Å². The highest BCUT2D eigenvalue weighted by Crippen LogP contribution is 2.32. The van der Waals surface area contributed by atoms with Crippen molar-refractivity contribution < 1.29 is 19.4 Å². The zero-order valence-electron chi connectivity index (χ0n) is 13.8. The molecule has 7 nitrogen and oxygen atoms in total. The minimum absolute atomic E-state index is 0.0837. The van der Waals surface area contributed by atoms with Crippen LogP contribution in [-0.4, -0.2) is 27.6 Å². The molecule has 0 atom stereocenters. The molecular formula is C19H16N2O5. The summed E-state index contributed by atoms with van der Waals surface area (Å²) in [6, 6.07) is 14.7. The molecule has 2 N–H and O–H groups in total. The number of aromatic carboxylic acids is 1. The Morgan fingerprint density at radius 2 is 1.85 bits per heavy atom. The van der Waals surface area contributed by atoms with Gasteiger partial charge in [-0.15, -0.1) is 0 Å². The summed E-state index contributed by atoms with van der Waals surface area (Å²) in [6.45, 7) is 0.385. The van der Waals surface area contributed by atoms with Gasteiger partial charge in [0.2, 0.25) is 6.79 Å². The lowest BCUT2D eigenvalue weighted by atomic mass is 10.1. The smallest absolute Gasteiger partial charge is 0.354 e. The normalized spacial score (nSPS) is 12.3. The summed E-state index contributed by atoms with van der Waals surface area (Å²) in [4.78, 5) is 24.3. The number of aromatic nitrogens is 2. The minimum Gasteiger partial charge on any atom is -0.477 e. The van der Waals surface area contributed by atoms with Gasteiger partial charge in [-0.25, -0.2) is 9.48 Å². The van der Waals surface area contributed by atoms with Gasteiger partial charge in [0.25, 0.3) is 5.56 Å². The molecule has 1 aromatic heterocycles. The number of nitrogens with zero attached hydrogens (tertiary/aromatic N) is 1. The number of ether oxygens (including phenoxy) is 2. The van der Waals surface area contributed by atoms with E-state index in [2.05, 4.69) is 5.10 Å². The Morgan fingerprint density at radius 3 is 2.62 bits per heavy atom. The lowest BCUT2D eigenvalue weighted by Crippen LogP contribution is -2.20. The molecule has 7 heteroatoms. The van der Waals surface area contributed by atoms with Gasteiger partial charge in [-0.3, -0.25) is 9.89 Å². The minimum atomic E-state index is -1.16. The number of aromatic amines is 1. The largest absolute Gasteiger partial charge is 0.477 e. The number of H-pyrrole nitrogens is 1. The third-order valence-electron chi connectivity index (χ3n) is 4.27. The number of nitrogens with one attached hydrogen (secondary N) is 1. The van der Waals surface area contributed by atoms with Crippen LogP contribution in [0.3, 0.4) is 0 Å². The van der Waals surface area contributed by atoms with Crippen molar-refractivity contribution in [2.45, 2.75) is 13.0 Å². The summed E-state index contributed by atoms with van der Waals surface area (Å²) in [5.74, 6) is 0.117. The van der Waals surface area contributed by atoms with Crippen LogP contribution in [0, 0.1) is 0 Å². The fourth-order valence-corrected chi connectivity index (χ4v) is 3.00. The van der Waals surface area contributed by atoms with Crippen molar-refractivity contribution in [3.8, 4) is 11.5 Å². The van der Waals surface area contributed by atoms with Gasteiger partial charge in [-0.1, -0.05) is 36.4 Å². The second-order valence-corrected chi connectivity index (χ2v) is 6.01. The van der Waals surface area contributed by atoms with E-state index in [1.807, 2.05) is 36.4 Å². The number of fused-ring (bicyclic) bond motifs is 1. The van der Waals surface area contributed by atoms with E-state index in [1.54, 1.807) is 12.1 Å². The fourth-order valence-electron chi connectivity index (χ4n) is 3.00. The maximum atomic E-state index is 12.7. The number of hydrogen-bond acceptors (Lipinski definition) is 4.